The lowest BCUT2D eigenvalue weighted by Gasteiger charge is -2.14. The van der Waals surface area contributed by atoms with Gasteiger partial charge in [0.05, 0.1) is 6.61 Å². The summed E-state index contributed by atoms with van der Waals surface area (Å²) in [5, 5.41) is 0. The quantitative estimate of drug-likeness (QED) is 0.342. The molecule has 0 saturated carbocycles. The zero-order valence-corrected chi connectivity index (χ0v) is 14.1. The normalized spacial score (nSPS) is 17.5. The molecule has 0 heterocycles. The van der Waals surface area contributed by atoms with Crippen molar-refractivity contribution in [2.24, 2.45) is 5.92 Å². The van der Waals surface area contributed by atoms with Crippen LogP contribution in [0.25, 0.3) is 0 Å². The second kappa shape index (κ2) is 9.59. The molecular weight excluding hydrogens is 260 g/mol. The molecule has 2 heteroatoms. The first kappa shape index (κ1) is 17.7. The molecule has 0 aromatic carbocycles. The van der Waals surface area contributed by atoms with Gasteiger partial charge in [-0.25, -0.2) is 4.79 Å². The van der Waals surface area contributed by atoms with Crippen LogP contribution >= 0.6 is 0 Å². The molecule has 0 amide bonds. The minimum atomic E-state index is -0.208. The van der Waals surface area contributed by atoms with Crippen LogP contribution < -0.4 is 0 Å². The van der Waals surface area contributed by atoms with E-state index >= 15 is 0 Å². The van der Waals surface area contributed by atoms with Crippen molar-refractivity contribution in [3.8, 4) is 0 Å². The summed E-state index contributed by atoms with van der Waals surface area (Å²) in [6.07, 6.45) is 13.1. The van der Waals surface area contributed by atoms with E-state index in [4.69, 9.17) is 4.74 Å². The fraction of sp³-hybridized carbons (Fsp3) is 0.632. The van der Waals surface area contributed by atoms with E-state index in [1.165, 1.54) is 36.8 Å². The van der Waals surface area contributed by atoms with Gasteiger partial charge in [0.2, 0.25) is 0 Å². The van der Waals surface area contributed by atoms with Crippen LogP contribution in [0.5, 0.6) is 0 Å². The van der Waals surface area contributed by atoms with Crippen LogP contribution in [0.15, 0.2) is 34.9 Å². The highest BCUT2D eigenvalue weighted by molar-refractivity contribution is 5.83. The van der Waals surface area contributed by atoms with Crippen molar-refractivity contribution in [3.05, 3.63) is 34.9 Å². The minimum Gasteiger partial charge on any atom is -0.463 e. The number of hydrogen-bond donors (Lipinski definition) is 0. The summed E-state index contributed by atoms with van der Waals surface area (Å²) >= 11 is 0. The van der Waals surface area contributed by atoms with Crippen LogP contribution in [0.2, 0.25) is 0 Å². The van der Waals surface area contributed by atoms with E-state index in [1.807, 2.05) is 6.92 Å². The van der Waals surface area contributed by atoms with Gasteiger partial charge in [0.1, 0.15) is 0 Å². The lowest BCUT2D eigenvalue weighted by atomic mass is 9.92. The van der Waals surface area contributed by atoms with Crippen LogP contribution in [0.4, 0.5) is 0 Å². The molecule has 0 saturated heterocycles. The molecule has 1 unspecified atom stereocenters. The molecule has 0 spiro atoms. The Hall–Kier alpha value is -1.31. The first-order valence-corrected chi connectivity index (χ1v) is 8.25. The van der Waals surface area contributed by atoms with Gasteiger partial charge in [0, 0.05) is 6.08 Å². The average molecular weight is 290 g/mol. The summed E-state index contributed by atoms with van der Waals surface area (Å²) in [6.45, 7) is 8.88. The van der Waals surface area contributed by atoms with Gasteiger partial charge in [0.15, 0.2) is 0 Å². The monoisotopic (exact) mass is 290 g/mol. The van der Waals surface area contributed by atoms with Gasteiger partial charge in [-0.2, -0.15) is 0 Å². The fourth-order valence-corrected chi connectivity index (χ4v) is 2.75. The van der Waals surface area contributed by atoms with E-state index < -0.39 is 0 Å². The van der Waals surface area contributed by atoms with Crippen LogP contribution in [0.3, 0.4) is 0 Å². The Kier molecular flexibility index (Phi) is 8.11. The number of ether oxygens (including phenoxy) is 1. The third-order valence-electron chi connectivity index (χ3n) is 3.97. The summed E-state index contributed by atoms with van der Waals surface area (Å²) in [7, 11) is 0. The fourth-order valence-electron chi connectivity index (χ4n) is 2.75. The van der Waals surface area contributed by atoms with E-state index in [2.05, 4.69) is 32.9 Å². The lowest BCUT2D eigenvalue weighted by Crippen LogP contribution is -2.00. The number of carbonyl (C=O) groups excluding carboxylic acids is 1. The van der Waals surface area contributed by atoms with Gasteiger partial charge in [0.25, 0.3) is 0 Å². The van der Waals surface area contributed by atoms with E-state index in [1.54, 1.807) is 6.08 Å². The van der Waals surface area contributed by atoms with Crippen molar-refractivity contribution in [2.75, 3.05) is 6.61 Å². The Morgan fingerprint density at radius 2 is 2.10 bits per heavy atom. The smallest absolute Gasteiger partial charge is 0.331 e. The van der Waals surface area contributed by atoms with Crippen LogP contribution in [-0.2, 0) is 9.53 Å². The molecule has 0 fully saturated rings. The third kappa shape index (κ3) is 7.31. The van der Waals surface area contributed by atoms with Crippen molar-refractivity contribution in [3.63, 3.8) is 0 Å². The van der Waals surface area contributed by atoms with Crippen LogP contribution in [-0.4, -0.2) is 12.6 Å². The molecule has 21 heavy (non-hydrogen) atoms. The largest absolute Gasteiger partial charge is 0.463 e. The summed E-state index contributed by atoms with van der Waals surface area (Å²) in [5.41, 5.74) is 4.03. The molecule has 0 aliphatic heterocycles. The molecule has 1 atom stereocenters. The predicted molar refractivity (Wildman–Crippen MR) is 89.1 cm³/mol. The third-order valence-corrected chi connectivity index (χ3v) is 3.97. The SMILES string of the molecule is CCOC(=O)/C=C1/C=C(CC(CC)CCC=C(C)C)CC1. The van der Waals surface area contributed by atoms with Gasteiger partial charge < -0.3 is 4.74 Å². The highest BCUT2D eigenvalue weighted by atomic mass is 16.5. The average Bonchev–Trinajstić information content (AvgIpc) is 2.84. The maximum atomic E-state index is 11.5. The molecule has 0 aromatic rings. The summed E-state index contributed by atoms with van der Waals surface area (Å²) in [6, 6.07) is 0. The first-order chi connectivity index (χ1) is 10.0. The molecule has 118 valence electrons. The molecular formula is C19H30O2. The van der Waals surface area contributed by atoms with Crippen molar-refractivity contribution in [1.29, 1.82) is 0 Å². The van der Waals surface area contributed by atoms with Crippen LogP contribution in [0, 0.1) is 5.92 Å². The maximum absolute atomic E-state index is 11.5. The van der Waals surface area contributed by atoms with Gasteiger partial charge in [-0.3, -0.25) is 0 Å². The van der Waals surface area contributed by atoms with Gasteiger partial charge in [-0.05, 0) is 64.4 Å². The molecule has 0 aromatic heterocycles. The molecule has 1 rings (SSSR count). The van der Waals surface area contributed by atoms with Crippen molar-refractivity contribution < 1.29 is 9.53 Å². The van der Waals surface area contributed by atoms with E-state index in [-0.39, 0.29) is 5.97 Å². The minimum absolute atomic E-state index is 0.208. The standard InChI is InChI=1S/C19H30O2/c1-5-16(9-7-8-15(3)4)12-17-10-11-18(13-17)14-19(20)21-6-2/h8,13-14,16H,5-7,9-12H2,1-4H3/b18-14+. The first-order valence-electron chi connectivity index (χ1n) is 8.25. The Bertz CT molecular complexity index is 423. The van der Waals surface area contributed by atoms with Crippen molar-refractivity contribution >= 4 is 5.97 Å². The number of allylic oxidation sites excluding steroid dienone is 5. The molecule has 0 bridgehead atoms. The molecule has 0 radical (unpaired) electrons. The van der Waals surface area contributed by atoms with Crippen molar-refractivity contribution in [1.82, 2.24) is 0 Å². The lowest BCUT2D eigenvalue weighted by molar-refractivity contribution is -0.137. The van der Waals surface area contributed by atoms with Gasteiger partial charge in [-0.15, -0.1) is 0 Å². The number of carbonyl (C=O) groups is 1. The van der Waals surface area contributed by atoms with Crippen LogP contribution in [0.1, 0.15) is 66.2 Å². The Morgan fingerprint density at radius 3 is 2.71 bits per heavy atom. The number of esters is 1. The Labute approximate surface area is 130 Å². The molecule has 2 nitrogen and oxygen atoms in total. The summed E-state index contributed by atoms with van der Waals surface area (Å²) < 4.78 is 4.97. The molecule has 0 N–H and O–H groups in total. The van der Waals surface area contributed by atoms with E-state index in [0.717, 1.165) is 24.3 Å². The number of rotatable bonds is 8. The molecule has 1 aliphatic rings. The highest BCUT2D eigenvalue weighted by Crippen LogP contribution is 2.31. The van der Waals surface area contributed by atoms with Crippen molar-refractivity contribution in [2.45, 2.75) is 66.2 Å². The van der Waals surface area contributed by atoms with E-state index in [0.29, 0.717) is 6.61 Å². The zero-order chi connectivity index (χ0) is 15.7. The summed E-state index contributed by atoms with van der Waals surface area (Å²) in [5.74, 6) is 0.550. The van der Waals surface area contributed by atoms with Gasteiger partial charge in [-0.1, -0.05) is 36.6 Å². The Balaban J connectivity index is 2.49. The summed E-state index contributed by atoms with van der Waals surface area (Å²) in [4.78, 5) is 11.5. The molecule has 1 aliphatic carbocycles. The second-order valence-corrected chi connectivity index (χ2v) is 6.11. The van der Waals surface area contributed by atoms with E-state index in [9.17, 15) is 4.79 Å². The maximum Gasteiger partial charge on any atom is 0.331 e. The Morgan fingerprint density at radius 1 is 1.33 bits per heavy atom. The predicted octanol–water partition coefficient (Wildman–Crippen LogP) is 5.36. The topological polar surface area (TPSA) is 26.3 Å². The second-order valence-electron chi connectivity index (χ2n) is 6.11. The highest BCUT2D eigenvalue weighted by Gasteiger charge is 2.15. The zero-order valence-electron chi connectivity index (χ0n) is 14.1. The van der Waals surface area contributed by atoms with Gasteiger partial charge >= 0.3 is 5.97 Å². The number of hydrogen-bond acceptors (Lipinski definition) is 2.